The Bertz CT molecular complexity index is 766. The van der Waals surface area contributed by atoms with E-state index < -0.39 is 17.2 Å². The lowest BCUT2D eigenvalue weighted by molar-refractivity contribution is -0.189. The van der Waals surface area contributed by atoms with Crippen molar-refractivity contribution in [2.24, 2.45) is 0 Å². The fraction of sp³-hybridized carbons (Fsp3) is 0.500. The van der Waals surface area contributed by atoms with Crippen LogP contribution in [0.5, 0.6) is 5.75 Å². The molecule has 0 aliphatic heterocycles. The number of ether oxygens (including phenoxy) is 1. The molecule has 0 spiro atoms. The van der Waals surface area contributed by atoms with Gasteiger partial charge in [-0.3, -0.25) is 0 Å². The van der Waals surface area contributed by atoms with E-state index in [4.69, 9.17) is 4.74 Å². The molecule has 0 aliphatic carbocycles. The van der Waals surface area contributed by atoms with Crippen molar-refractivity contribution in [2.45, 2.75) is 52.2 Å². The van der Waals surface area contributed by atoms with Gasteiger partial charge >= 0.3 is 5.97 Å². The molecule has 126 valence electrons. The highest BCUT2D eigenvalue weighted by Gasteiger charge is 2.46. The van der Waals surface area contributed by atoms with Crippen LogP contribution in [0.3, 0.4) is 0 Å². The van der Waals surface area contributed by atoms with Crippen LogP contribution in [0, 0.1) is 6.92 Å². The van der Waals surface area contributed by atoms with Gasteiger partial charge in [0.2, 0.25) is 0 Å². The van der Waals surface area contributed by atoms with Gasteiger partial charge < -0.3 is 14.9 Å². The van der Waals surface area contributed by atoms with Crippen LogP contribution >= 0.6 is 27.3 Å². The molecule has 0 fully saturated rings. The van der Waals surface area contributed by atoms with Crippen molar-refractivity contribution in [1.29, 1.82) is 0 Å². The van der Waals surface area contributed by atoms with E-state index in [9.17, 15) is 15.0 Å². The molecule has 2 rings (SSSR count). The van der Waals surface area contributed by atoms with Crippen LogP contribution in [0.2, 0.25) is 0 Å². The number of phenolic OH excluding ortho intramolecular Hbond substituents is 1. The molecule has 1 atom stereocenters. The van der Waals surface area contributed by atoms with E-state index in [0.717, 1.165) is 0 Å². The number of hydrogen-bond donors (Lipinski definition) is 2. The SMILES string of the molecule is CC[C@@](OC(C)(C)C)(C(=O)O)c1c(C)cc2nc(Br)sc2c1O. The highest BCUT2D eigenvalue weighted by atomic mass is 79.9. The number of carbonyl (C=O) groups is 1. The van der Waals surface area contributed by atoms with E-state index >= 15 is 0 Å². The summed E-state index contributed by atoms with van der Waals surface area (Å²) in [4.78, 5) is 16.4. The number of fused-ring (bicyclic) bond motifs is 1. The summed E-state index contributed by atoms with van der Waals surface area (Å²) in [5, 5.41) is 20.7. The second-order valence-corrected chi connectivity index (χ2v) is 8.71. The summed E-state index contributed by atoms with van der Waals surface area (Å²) in [6.45, 7) is 8.91. The third-order valence-electron chi connectivity index (χ3n) is 3.55. The maximum atomic E-state index is 12.1. The normalized spacial score (nSPS) is 14.9. The fourth-order valence-electron chi connectivity index (χ4n) is 2.78. The monoisotopic (exact) mass is 401 g/mol. The van der Waals surface area contributed by atoms with Crippen LogP contribution < -0.4 is 0 Å². The van der Waals surface area contributed by atoms with Crippen molar-refractivity contribution in [3.63, 3.8) is 0 Å². The molecule has 0 bridgehead atoms. The van der Waals surface area contributed by atoms with E-state index in [2.05, 4.69) is 20.9 Å². The third-order valence-corrected chi connectivity index (χ3v) is 5.08. The molecular formula is C16H20BrNO4S. The Morgan fingerprint density at radius 2 is 2.04 bits per heavy atom. The molecule has 1 aromatic carbocycles. The predicted molar refractivity (Wildman–Crippen MR) is 94.2 cm³/mol. The van der Waals surface area contributed by atoms with Gasteiger partial charge in [0, 0.05) is 5.56 Å². The first kappa shape index (κ1) is 18.2. The Morgan fingerprint density at radius 1 is 1.43 bits per heavy atom. The van der Waals surface area contributed by atoms with Crippen molar-refractivity contribution >= 4 is 43.5 Å². The zero-order valence-electron chi connectivity index (χ0n) is 13.7. The van der Waals surface area contributed by atoms with Crippen LogP contribution in [-0.2, 0) is 15.1 Å². The number of aryl methyl sites for hydroxylation is 1. The van der Waals surface area contributed by atoms with Crippen molar-refractivity contribution in [3.8, 4) is 5.75 Å². The van der Waals surface area contributed by atoms with E-state index in [1.165, 1.54) is 11.3 Å². The number of rotatable bonds is 4. The zero-order chi connectivity index (χ0) is 17.6. The average Bonchev–Trinajstić information content (AvgIpc) is 2.76. The smallest absolute Gasteiger partial charge is 0.340 e. The molecular weight excluding hydrogens is 382 g/mol. The quantitative estimate of drug-likeness (QED) is 0.783. The topological polar surface area (TPSA) is 79.7 Å². The number of thiazole rings is 1. The molecule has 0 saturated carbocycles. The number of carboxylic acids is 1. The van der Waals surface area contributed by atoms with Crippen LogP contribution in [0.1, 0.15) is 45.2 Å². The van der Waals surface area contributed by atoms with Crippen LogP contribution in [0.15, 0.2) is 9.98 Å². The van der Waals surface area contributed by atoms with Gasteiger partial charge in [-0.25, -0.2) is 9.78 Å². The summed E-state index contributed by atoms with van der Waals surface area (Å²) in [7, 11) is 0. The maximum Gasteiger partial charge on any atom is 0.340 e. The Hall–Kier alpha value is -1.18. The predicted octanol–water partition coefficient (Wildman–Crippen LogP) is 4.58. The Balaban J connectivity index is 2.82. The molecule has 5 nitrogen and oxygen atoms in total. The van der Waals surface area contributed by atoms with Gasteiger partial charge in [-0.1, -0.05) is 6.92 Å². The van der Waals surface area contributed by atoms with Crippen molar-refractivity contribution in [1.82, 2.24) is 4.98 Å². The first-order valence-electron chi connectivity index (χ1n) is 7.24. The molecule has 7 heteroatoms. The molecule has 0 amide bonds. The van der Waals surface area contributed by atoms with Gasteiger partial charge in [0.1, 0.15) is 5.75 Å². The molecule has 23 heavy (non-hydrogen) atoms. The maximum absolute atomic E-state index is 12.1. The summed E-state index contributed by atoms with van der Waals surface area (Å²) in [6.07, 6.45) is 0.194. The van der Waals surface area contributed by atoms with Crippen LogP contribution in [0.25, 0.3) is 10.2 Å². The Labute approximate surface area is 147 Å². The van der Waals surface area contributed by atoms with Crippen molar-refractivity contribution < 1.29 is 19.7 Å². The molecule has 1 heterocycles. The van der Waals surface area contributed by atoms with Gasteiger partial charge in [-0.2, -0.15) is 0 Å². The first-order chi connectivity index (χ1) is 10.5. The van der Waals surface area contributed by atoms with Crippen molar-refractivity contribution in [2.75, 3.05) is 0 Å². The Morgan fingerprint density at radius 3 is 2.52 bits per heavy atom. The number of phenols is 1. The standard InChI is InChI=1S/C16H20BrNO4S/c1-6-16(13(20)21,22-15(3,4)5)10-8(2)7-9-12(11(10)19)23-14(17)18-9/h7,19H,6H2,1-5H3,(H,20,21)/t16-/m0/s1. The molecule has 0 saturated heterocycles. The third kappa shape index (κ3) is 3.22. The molecule has 2 aromatic rings. The van der Waals surface area contributed by atoms with Gasteiger partial charge in [0.05, 0.1) is 15.8 Å². The second kappa shape index (κ2) is 6.03. The Kier molecular flexibility index (Phi) is 4.76. The largest absolute Gasteiger partial charge is 0.506 e. The average molecular weight is 402 g/mol. The van der Waals surface area contributed by atoms with E-state index in [0.29, 0.717) is 25.3 Å². The van der Waals surface area contributed by atoms with E-state index in [-0.39, 0.29) is 12.2 Å². The number of hydrogen-bond acceptors (Lipinski definition) is 5. The molecule has 2 N–H and O–H groups in total. The van der Waals surface area contributed by atoms with Gasteiger partial charge in [0.15, 0.2) is 9.52 Å². The van der Waals surface area contributed by atoms with E-state index in [1.807, 2.05) is 0 Å². The molecule has 1 aromatic heterocycles. The molecule has 0 unspecified atom stereocenters. The first-order valence-corrected chi connectivity index (χ1v) is 8.85. The lowest BCUT2D eigenvalue weighted by Gasteiger charge is -2.37. The zero-order valence-corrected chi connectivity index (χ0v) is 16.1. The van der Waals surface area contributed by atoms with Crippen LogP contribution in [0.4, 0.5) is 0 Å². The second-order valence-electron chi connectivity index (χ2n) is 6.43. The highest BCUT2D eigenvalue weighted by molar-refractivity contribution is 9.11. The number of aromatic hydroxyl groups is 1. The number of nitrogens with zero attached hydrogens (tertiary/aromatic N) is 1. The summed E-state index contributed by atoms with van der Waals surface area (Å²) in [5.74, 6) is -1.19. The summed E-state index contributed by atoms with van der Waals surface area (Å²) in [5.41, 5.74) is -0.729. The molecule has 0 radical (unpaired) electrons. The van der Waals surface area contributed by atoms with Crippen molar-refractivity contribution in [3.05, 3.63) is 21.1 Å². The summed E-state index contributed by atoms with van der Waals surface area (Å²) >= 11 is 4.57. The lowest BCUT2D eigenvalue weighted by atomic mass is 9.85. The minimum Gasteiger partial charge on any atom is -0.506 e. The van der Waals surface area contributed by atoms with Gasteiger partial charge in [-0.05, 0) is 61.7 Å². The minimum atomic E-state index is -1.61. The highest BCUT2D eigenvalue weighted by Crippen LogP contribution is 2.46. The lowest BCUT2D eigenvalue weighted by Crippen LogP contribution is -2.44. The minimum absolute atomic E-state index is 0.0725. The fourth-order valence-corrected chi connectivity index (χ4v) is 4.18. The summed E-state index contributed by atoms with van der Waals surface area (Å²) in [6, 6.07) is 1.78. The number of aromatic nitrogens is 1. The number of carboxylic acid groups (broad SMARTS) is 1. The van der Waals surface area contributed by atoms with Crippen LogP contribution in [-0.4, -0.2) is 26.8 Å². The van der Waals surface area contributed by atoms with Gasteiger partial charge in [-0.15, -0.1) is 11.3 Å². The van der Waals surface area contributed by atoms with Gasteiger partial charge in [0.25, 0.3) is 0 Å². The van der Waals surface area contributed by atoms with E-state index in [1.54, 1.807) is 40.7 Å². The summed E-state index contributed by atoms with van der Waals surface area (Å²) < 4.78 is 7.14. The number of benzene rings is 1. The number of halogens is 1. The molecule has 0 aliphatic rings. The number of aliphatic carboxylic acids is 1.